The van der Waals surface area contributed by atoms with Crippen molar-refractivity contribution in [3.8, 4) is 0 Å². The van der Waals surface area contributed by atoms with E-state index in [-0.39, 0.29) is 10.8 Å². The number of carbonyl (C=O) groups excluding carboxylic acids is 1. The fraction of sp³-hybridized carbons (Fsp3) is 0.941. The van der Waals surface area contributed by atoms with Gasteiger partial charge in [0.1, 0.15) is 5.78 Å². The lowest BCUT2D eigenvalue weighted by molar-refractivity contribution is -0.147. The quantitative estimate of drug-likeness (QED) is 0.675. The highest BCUT2D eigenvalue weighted by atomic mass is 16.1. The van der Waals surface area contributed by atoms with Crippen LogP contribution in [0.15, 0.2) is 0 Å². The molecule has 2 rings (SSSR count). The minimum Gasteiger partial charge on any atom is -0.298 e. The summed E-state index contributed by atoms with van der Waals surface area (Å²) < 4.78 is 0. The molecule has 0 N–H and O–H groups in total. The Kier molecular flexibility index (Phi) is 3.90. The smallest absolute Gasteiger partial charge is 0.145 e. The molecular weight excluding hydrogens is 220 g/mol. The summed E-state index contributed by atoms with van der Waals surface area (Å²) in [5, 5.41) is 0. The minimum absolute atomic E-state index is 0.0431. The van der Waals surface area contributed by atoms with Gasteiger partial charge >= 0.3 is 0 Å². The topological polar surface area (TPSA) is 17.1 Å². The summed E-state index contributed by atoms with van der Waals surface area (Å²) in [5.74, 6) is 1.74. The largest absolute Gasteiger partial charge is 0.298 e. The maximum absolute atomic E-state index is 13.2. The summed E-state index contributed by atoms with van der Waals surface area (Å²) >= 11 is 0. The second kappa shape index (κ2) is 4.98. The van der Waals surface area contributed by atoms with E-state index in [0.717, 1.165) is 12.8 Å². The van der Waals surface area contributed by atoms with Crippen LogP contribution in [0.4, 0.5) is 0 Å². The van der Waals surface area contributed by atoms with Gasteiger partial charge in [-0.25, -0.2) is 0 Å². The van der Waals surface area contributed by atoms with Crippen LogP contribution in [-0.4, -0.2) is 5.78 Å². The van der Waals surface area contributed by atoms with E-state index in [1.54, 1.807) is 0 Å². The summed E-state index contributed by atoms with van der Waals surface area (Å²) in [4.78, 5) is 13.2. The summed E-state index contributed by atoms with van der Waals surface area (Å²) in [6.45, 7) is 9.11. The van der Waals surface area contributed by atoms with Crippen molar-refractivity contribution in [1.82, 2.24) is 0 Å². The van der Waals surface area contributed by atoms with Crippen LogP contribution in [0.5, 0.6) is 0 Å². The van der Waals surface area contributed by atoms with Crippen LogP contribution in [0.3, 0.4) is 0 Å². The van der Waals surface area contributed by atoms with Gasteiger partial charge in [-0.05, 0) is 37.5 Å². The Balaban J connectivity index is 2.23. The molecule has 104 valence electrons. The van der Waals surface area contributed by atoms with Crippen molar-refractivity contribution < 1.29 is 4.79 Å². The molecule has 2 fully saturated rings. The predicted octanol–water partition coefficient (Wildman–Crippen LogP) is 4.99. The summed E-state index contributed by atoms with van der Waals surface area (Å²) in [5.41, 5.74) is -0.0861. The van der Waals surface area contributed by atoms with Gasteiger partial charge in [-0.2, -0.15) is 0 Å². The molecule has 0 saturated heterocycles. The molecule has 1 heteroatoms. The third-order valence-electron chi connectivity index (χ3n) is 6.38. The van der Waals surface area contributed by atoms with E-state index < -0.39 is 0 Å². The van der Waals surface area contributed by atoms with Crippen molar-refractivity contribution in [2.75, 3.05) is 0 Å². The number of carbonyl (C=O) groups is 1. The molecule has 4 unspecified atom stereocenters. The van der Waals surface area contributed by atoms with Crippen LogP contribution in [0.1, 0.15) is 79.1 Å². The van der Waals surface area contributed by atoms with Gasteiger partial charge in [0, 0.05) is 10.8 Å². The fourth-order valence-electron chi connectivity index (χ4n) is 4.34. The van der Waals surface area contributed by atoms with Gasteiger partial charge in [-0.3, -0.25) is 4.79 Å². The second-order valence-corrected chi connectivity index (χ2v) is 7.46. The Bertz CT molecular complexity index is 292. The number of hydrogen-bond acceptors (Lipinski definition) is 1. The van der Waals surface area contributed by atoms with Crippen LogP contribution in [0.25, 0.3) is 0 Å². The van der Waals surface area contributed by atoms with Crippen molar-refractivity contribution in [2.45, 2.75) is 79.1 Å². The molecule has 0 radical (unpaired) electrons. The SMILES string of the molecule is CC1CCCCC1(C)C(=O)C1(C)CCCCC1C. The Morgan fingerprint density at radius 1 is 0.833 bits per heavy atom. The summed E-state index contributed by atoms with van der Waals surface area (Å²) in [6, 6.07) is 0. The van der Waals surface area contributed by atoms with E-state index in [1.807, 2.05) is 0 Å². The zero-order valence-corrected chi connectivity index (χ0v) is 12.7. The van der Waals surface area contributed by atoms with Gasteiger partial charge in [-0.1, -0.05) is 53.4 Å². The monoisotopic (exact) mass is 250 g/mol. The van der Waals surface area contributed by atoms with E-state index >= 15 is 0 Å². The standard InChI is InChI=1S/C17H30O/c1-13-9-5-7-11-16(13,3)15(18)17(4)12-8-6-10-14(17)2/h13-14H,5-12H2,1-4H3. The second-order valence-electron chi connectivity index (χ2n) is 7.46. The van der Waals surface area contributed by atoms with E-state index in [1.165, 1.54) is 38.5 Å². The highest BCUT2D eigenvalue weighted by molar-refractivity contribution is 5.90. The Morgan fingerprint density at radius 2 is 1.22 bits per heavy atom. The first kappa shape index (κ1) is 14.1. The first-order chi connectivity index (χ1) is 8.41. The Morgan fingerprint density at radius 3 is 1.56 bits per heavy atom. The van der Waals surface area contributed by atoms with Gasteiger partial charge in [0.25, 0.3) is 0 Å². The number of ketones is 1. The van der Waals surface area contributed by atoms with Crippen molar-refractivity contribution in [3.05, 3.63) is 0 Å². The molecule has 0 spiro atoms. The van der Waals surface area contributed by atoms with Gasteiger partial charge < -0.3 is 0 Å². The zero-order valence-electron chi connectivity index (χ0n) is 12.7. The molecule has 0 aromatic rings. The summed E-state index contributed by atoms with van der Waals surface area (Å²) in [7, 11) is 0. The highest BCUT2D eigenvalue weighted by Gasteiger charge is 2.50. The average Bonchev–Trinajstić information content (AvgIpc) is 2.36. The van der Waals surface area contributed by atoms with Crippen molar-refractivity contribution in [2.24, 2.45) is 22.7 Å². The van der Waals surface area contributed by atoms with Crippen LogP contribution >= 0.6 is 0 Å². The summed E-state index contributed by atoms with van der Waals surface area (Å²) in [6.07, 6.45) is 9.85. The molecule has 0 bridgehead atoms. The Hall–Kier alpha value is -0.330. The molecular formula is C17H30O. The molecule has 2 aliphatic carbocycles. The molecule has 0 aliphatic heterocycles. The number of hydrogen-bond donors (Lipinski definition) is 0. The molecule has 0 amide bonds. The first-order valence-corrected chi connectivity index (χ1v) is 7.96. The van der Waals surface area contributed by atoms with Gasteiger partial charge in [0.2, 0.25) is 0 Å². The zero-order chi connectivity index (χ0) is 13.4. The molecule has 2 saturated carbocycles. The maximum atomic E-state index is 13.2. The number of rotatable bonds is 2. The van der Waals surface area contributed by atoms with Gasteiger partial charge in [-0.15, -0.1) is 0 Å². The molecule has 2 aliphatic rings. The third-order valence-corrected chi connectivity index (χ3v) is 6.38. The van der Waals surface area contributed by atoms with Crippen molar-refractivity contribution in [3.63, 3.8) is 0 Å². The molecule has 4 atom stereocenters. The number of Topliss-reactive ketones (excluding diaryl/α,β-unsaturated/α-hetero) is 1. The van der Waals surface area contributed by atoms with Gasteiger partial charge in [0.05, 0.1) is 0 Å². The van der Waals surface area contributed by atoms with Crippen LogP contribution in [0.2, 0.25) is 0 Å². The molecule has 18 heavy (non-hydrogen) atoms. The lowest BCUT2D eigenvalue weighted by Gasteiger charge is -2.48. The average molecular weight is 250 g/mol. The molecule has 0 aromatic heterocycles. The van der Waals surface area contributed by atoms with E-state index in [4.69, 9.17) is 0 Å². The van der Waals surface area contributed by atoms with Gasteiger partial charge in [0.15, 0.2) is 0 Å². The molecule has 1 nitrogen and oxygen atoms in total. The minimum atomic E-state index is -0.0431. The molecule has 0 aromatic carbocycles. The highest BCUT2D eigenvalue weighted by Crippen LogP contribution is 2.51. The lowest BCUT2D eigenvalue weighted by atomic mass is 9.55. The van der Waals surface area contributed by atoms with Crippen molar-refractivity contribution >= 4 is 5.78 Å². The predicted molar refractivity (Wildman–Crippen MR) is 76.5 cm³/mol. The van der Waals surface area contributed by atoms with E-state index in [2.05, 4.69) is 27.7 Å². The Labute approximate surface area is 113 Å². The molecule has 0 heterocycles. The van der Waals surface area contributed by atoms with Crippen LogP contribution in [-0.2, 0) is 4.79 Å². The van der Waals surface area contributed by atoms with Crippen LogP contribution in [0, 0.1) is 22.7 Å². The van der Waals surface area contributed by atoms with Crippen LogP contribution < -0.4 is 0 Å². The lowest BCUT2D eigenvalue weighted by Crippen LogP contribution is -2.49. The fourth-order valence-corrected chi connectivity index (χ4v) is 4.34. The maximum Gasteiger partial charge on any atom is 0.145 e. The third kappa shape index (κ3) is 2.14. The van der Waals surface area contributed by atoms with Crippen molar-refractivity contribution in [1.29, 1.82) is 0 Å². The van der Waals surface area contributed by atoms with E-state index in [9.17, 15) is 4.79 Å². The first-order valence-electron chi connectivity index (χ1n) is 7.96. The van der Waals surface area contributed by atoms with E-state index in [0.29, 0.717) is 17.6 Å². The normalized spacial score (nSPS) is 45.8.